The van der Waals surface area contributed by atoms with Gasteiger partial charge in [-0.05, 0) is 45.4 Å². The molecule has 0 amide bonds. The SMILES string of the molecule is CCC1CCC(CN)(OCc2ncnn2C(C)C)CC1. The molecule has 1 aliphatic carbocycles. The average Bonchev–Trinajstić information content (AvgIpc) is 2.94. The van der Waals surface area contributed by atoms with E-state index in [9.17, 15) is 0 Å². The Kier molecular flexibility index (Phi) is 5.16. The van der Waals surface area contributed by atoms with E-state index < -0.39 is 0 Å². The van der Waals surface area contributed by atoms with Gasteiger partial charge in [-0.25, -0.2) is 9.67 Å². The minimum Gasteiger partial charge on any atom is -0.366 e. The molecular formula is C15H28N4O. The van der Waals surface area contributed by atoms with Crippen molar-refractivity contribution in [1.82, 2.24) is 14.8 Å². The van der Waals surface area contributed by atoms with Gasteiger partial charge < -0.3 is 10.5 Å². The molecule has 0 unspecified atom stereocenters. The fraction of sp³-hybridized carbons (Fsp3) is 0.867. The zero-order chi connectivity index (χ0) is 14.6. The van der Waals surface area contributed by atoms with Crippen molar-refractivity contribution in [3.05, 3.63) is 12.2 Å². The lowest BCUT2D eigenvalue weighted by molar-refractivity contribution is -0.0845. The van der Waals surface area contributed by atoms with Gasteiger partial charge in [-0.15, -0.1) is 0 Å². The van der Waals surface area contributed by atoms with Crippen molar-refractivity contribution in [1.29, 1.82) is 0 Å². The summed E-state index contributed by atoms with van der Waals surface area (Å²) in [6.07, 6.45) is 7.45. The molecule has 5 heteroatoms. The zero-order valence-corrected chi connectivity index (χ0v) is 13.0. The van der Waals surface area contributed by atoms with Crippen LogP contribution in [-0.2, 0) is 11.3 Å². The first-order valence-electron chi connectivity index (χ1n) is 7.82. The number of ether oxygens (including phenoxy) is 1. The lowest BCUT2D eigenvalue weighted by Crippen LogP contribution is -2.44. The van der Waals surface area contributed by atoms with Gasteiger partial charge in [-0.3, -0.25) is 0 Å². The van der Waals surface area contributed by atoms with Crippen molar-refractivity contribution in [3.63, 3.8) is 0 Å². The van der Waals surface area contributed by atoms with Crippen LogP contribution in [0.4, 0.5) is 0 Å². The van der Waals surface area contributed by atoms with Gasteiger partial charge in [0.15, 0.2) is 5.82 Å². The van der Waals surface area contributed by atoms with Crippen molar-refractivity contribution in [2.45, 2.75) is 71.1 Å². The van der Waals surface area contributed by atoms with Gasteiger partial charge in [0.1, 0.15) is 12.9 Å². The minimum absolute atomic E-state index is 0.153. The van der Waals surface area contributed by atoms with Crippen LogP contribution < -0.4 is 5.73 Å². The molecule has 2 rings (SSSR count). The number of nitrogens with zero attached hydrogens (tertiary/aromatic N) is 3. The summed E-state index contributed by atoms with van der Waals surface area (Å²) in [5.74, 6) is 1.74. The monoisotopic (exact) mass is 280 g/mol. The molecule has 0 aromatic carbocycles. The predicted molar refractivity (Wildman–Crippen MR) is 79.2 cm³/mol. The summed E-state index contributed by atoms with van der Waals surface area (Å²) in [6, 6.07) is 0.306. The number of aromatic nitrogens is 3. The number of nitrogens with two attached hydrogens (primary N) is 1. The second-order valence-corrected chi connectivity index (χ2v) is 6.24. The molecule has 1 fully saturated rings. The van der Waals surface area contributed by atoms with Crippen LogP contribution in [0.3, 0.4) is 0 Å². The van der Waals surface area contributed by atoms with Crippen molar-refractivity contribution in [2.75, 3.05) is 6.54 Å². The van der Waals surface area contributed by atoms with Crippen LogP contribution >= 0.6 is 0 Å². The Morgan fingerprint density at radius 2 is 2.15 bits per heavy atom. The van der Waals surface area contributed by atoms with E-state index in [0.717, 1.165) is 24.6 Å². The van der Waals surface area contributed by atoms with Crippen LogP contribution in [0.2, 0.25) is 0 Å². The van der Waals surface area contributed by atoms with Crippen molar-refractivity contribution in [2.24, 2.45) is 11.7 Å². The molecule has 1 aromatic rings. The molecule has 0 bridgehead atoms. The van der Waals surface area contributed by atoms with Gasteiger partial charge in [0, 0.05) is 12.6 Å². The van der Waals surface area contributed by atoms with Crippen LogP contribution in [0, 0.1) is 5.92 Å². The summed E-state index contributed by atoms with van der Waals surface area (Å²) in [5, 5.41) is 4.25. The highest BCUT2D eigenvalue weighted by molar-refractivity contribution is 4.90. The van der Waals surface area contributed by atoms with E-state index in [1.807, 2.05) is 4.68 Å². The molecule has 1 aliphatic rings. The molecule has 20 heavy (non-hydrogen) atoms. The molecule has 2 N–H and O–H groups in total. The molecular weight excluding hydrogens is 252 g/mol. The lowest BCUT2D eigenvalue weighted by Gasteiger charge is -2.39. The highest BCUT2D eigenvalue weighted by Gasteiger charge is 2.35. The Morgan fingerprint density at radius 1 is 1.45 bits per heavy atom. The lowest BCUT2D eigenvalue weighted by atomic mass is 9.77. The summed E-state index contributed by atoms with van der Waals surface area (Å²) in [6.45, 7) is 7.57. The van der Waals surface area contributed by atoms with E-state index in [2.05, 4.69) is 30.9 Å². The van der Waals surface area contributed by atoms with E-state index in [-0.39, 0.29) is 5.60 Å². The third-order valence-electron chi connectivity index (χ3n) is 4.61. The smallest absolute Gasteiger partial charge is 0.153 e. The standard InChI is InChI=1S/C15H28N4O/c1-4-13-5-7-15(10-16,8-6-13)20-9-14-17-11-18-19(14)12(2)3/h11-13H,4-10,16H2,1-3H3. The van der Waals surface area contributed by atoms with Gasteiger partial charge in [0.25, 0.3) is 0 Å². The summed E-state index contributed by atoms with van der Waals surface area (Å²) in [7, 11) is 0. The molecule has 0 saturated heterocycles. The second kappa shape index (κ2) is 6.68. The van der Waals surface area contributed by atoms with Crippen LogP contribution in [0.5, 0.6) is 0 Å². The highest BCUT2D eigenvalue weighted by atomic mass is 16.5. The van der Waals surface area contributed by atoms with Crippen LogP contribution in [-0.4, -0.2) is 26.9 Å². The molecule has 5 nitrogen and oxygen atoms in total. The maximum absolute atomic E-state index is 6.20. The Morgan fingerprint density at radius 3 is 2.70 bits per heavy atom. The predicted octanol–water partition coefficient (Wildman–Crippen LogP) is 2.67. The molecule has 0 spiro atoms. The normalized spacial score (nSPS) is 27.1. The largest absolute Gasteiger partial charge is 0.366 e. The molecule has 0 atom stereocenters. The third-order valence-corrected chi connectivity index (χ3v) is 4.61. The van der Waals surface area contributed by atoms with E-state index in [1.165, 1.54) is 19.3 Å². The van der Waals surface area contributed by atoms with Crippen molar-refractivity contribution >= 4 is 0 Å². The van der Waals surface area contributed by atoms with Gasteiger partial charge in [0.05, 0.1) is 5.60 Å². The van der Waals surface area contributed by atoms with E-state index >= 15 is 0 Å². The van der Waals surface area contributed by atoms with Crippen molar-refractivity contribution in [3.8, 4) is 0 Å². The molecule has 1 saturated carbocycles. The van der Waals surface area contributed by atoms with E-state index in [1.54, 1.807) is 6.33 Å². The molecule has 114 valence electrons. The second-order valence-electron chi connectivity index (χ2n) is 6.24. The summed E-state index contributed by atoms with van der Waals surface area (Å²) >= 11 is 0. The first-order valence-corrected chi connectivity index (χ1v) is 7.82. The van der Waals surface area contributed by atoms with E-state index in [0.29, 0.717) is 19.2 Å². The highest BCUT2D eigenvalue weighted by Crippen LogP contribution is 2.36. The van der Waals surface area contributed by atoms with Gasteiger partial charge in [-0.1, -0.05) is 13.3 Å². The number of hydrogen-bond donors (Lipinski definition) is 1. The number of hydrogen-bond acceptors (Lipinski definition) is 4. The minimum atomic E-state index is -0.153. The summed E-state index contributed by atoms with van der Waals surface area (Å²) in [5.41, 5.74) is 5.84. The Balaban J connectivity index is 1.95. The van der Waals surface area contributed by atoms with Crippen LogP contribution in [0.25, 0.3) is 0 Å². The van der Waals surface area contributed by atoms with Crippen LogP contribution in [0.15, 0.2) is 6.33 Å². The van der Waals surface area contributed by atoms with Crippen LogP contribution in [0.1, 0.15) is 64.7 Å². The number of rotatable bonds is 6. The van der Waals surface area contributed by atoms with Gasteiger partial charge in [0.2, 0.25) is 0 Å². The van der Waals surface area contributed by atoms with E-state index in [4.69, 9.17) is 10.5 Å². The molecule has 0 radical (unpaired) electrons. The molecule has 1 heterocycles. The molecule has 1 aromatic heterocycles. The maximum Gasteiger partial charge on any atom is 0.153 e. The quantitative estimate of drug-likeness (QED) is 0.870. The fourth-order valence-electron chi connectivity index (χ4n) is 3.05. The summed E-state index contributed by atoms with van der Waals surface area (Å²) in [4.78, 5) is 4.30. The Hall–Kier alpha value is -0.940. The fourth-order valence-corrected chi connectivity index (χ4v) is 3.05. The van der Waals surface area contributed by atoms with Gasteiger partial charge in [-0.2, -0.15) is 5.10 Å². The third kappa shape index (κ3) is 3.38. The Bertz CT molecular complexity index is 408. The average molecular weight is 280 g/mol. The maximum atomic E-state index is 6.20. The van der Waals surface area contributed by atoms with Gasteiger partial charge >= 0.3 is 0 Å². The summed E-state index contributed by atoms with van der Waals surface area (Å²) < 4.78 is 8.12. The van der Waals surface area contributed by atoms with Crippen molar-refractivity contribution < 1.29 is 4.74 Å². The topological polar surface area (TPSA) is 66.0 Å². The first-order chi connectivity index (χ1) is 9.60. The Labute approximate surface area is 121 Å². The first kappa shape index (κ1) is 15.4. The molecule has 0 aliphatic heterocycles. The zero-order valence-electron chi connectivity index (χ0n) is 13.0.